The van der Waals surface area contributed by atoms with Gasteiger partial charge in [-0.2, -0.15) is 4.39 Å². The van der Waals surface area contributed by atoms with Crippen LogP contribution in [0, 0.1) is 5.82 Å². The van der Waals surface area contributed by atoms with Crippen LogP contribution in [-0.2, 0) is 0 Å². The molecule has 1 unspecified atom stereocenters. The van der Waals surface area contributed by atoms with Gasteiger partial charge in [-0.05, 0) is 25.5 Å². The maximum absolute atomic E-state index is 13.6. The molecular formula is C14H14ClFN2O3. The zero-order chi connectivity index (χ0) is 15.6. The van der Waals surface area contributed by atoms with Crippen LogP contribution < -0.4 is 16.0 Å². The average molecular weight is 313 g/mol. The molecule has 2 aromatic rings. The largest absolute Gasteiger partial charge is 0.491 e. The van der Waals surface area contributed by atoms with Gasteiger partial charge in [0.15, 0.2) is 5.15 Å². The molecule has 1 aromatic heterocycles. The summed E-state index contributed by atoms with van der Waals surface area (Å²) in [7, 11) is 0. The van der Waals surface area contributed by atoms with Gasteiger partial charge in [0.25, 0.3) is 5.56 Å². The maximum Gasteiger partial charge on any atom is 0.334 e. The van der Waals surface area contributed by atoms with Gasteiger partial charge >= 0.3 is 5.69 Å². The number of benzene rings is 1. The first-order chi connectivity index (χ1) is 9.93. The zero-order valence-electron chi connectivity index (χ0n) is 11.5. The molecule has 0 fully saturated rings. The predicted octanol–water partition coefficient (Wildman–Crippen LogP) is 2.50. The van der Waals surface area contributed by atoms with E-state index in [1.807, 2.05) is 13.8 Å². The highest BCUT2D eigenvalue weighted by Gasteiger charge is 2.14. The first-order valence-corrected chi connectivity index (χ1v) is 6.79. The third kappa shape index (κ3) is 3.16. The van der Waals surface area contributed by atoms with Crippen molar-refractivity contribution >= 4 is 11.6 Å². The molecule has 7 heteroatoms. The van der Waals surface area contributed by atoms with Crippen molar-refractivity contribution in [1.82, 2.24) is 9.55 Å². The number of hydrogen-bond donors (Lipinski definition) is 1. The van der Waals surface area contributed by atoms with Gasteiger partial charge in [0.2, 0.25) is 5.82 Å². The summed E-state index contributed by atoms with van der Waals surface area (Å²) in [4.78, 5) is 25.7. The molecular weight excluding hydrogens is 299 g/mol. The standard InChI is InChI=1S/C14H14ClFN2O3/c1-3-8(2)21-10-6-4-5-9(7-10)18-13(19)11(16)12(15)17-14(18)20/h4-8H,3H2,1-2H3,(H,17,20). The average Bonchev–Trinajstić information content (AvgIpc) is 2.45. The smallest absolute Gasteiger partial charge is 0.334 e. The summed E-state index contributed by atoms with van der Waals surface area (Å²) in [6.45, 7) is 3.87. The van der Waals surface area contributed by atoms with Crippen molar-refractivity contribution in [3.63, 3.8) is 0 Å². The Bertz CT molecular complexity index is 770. The minimum absolute atomic E-state index is 0.0165. The molecule has 1 heterocycles. The fourth-order valence-electron chi connectivity index (χ4n) is 1.73. The van der Waals surface area contributed by atoms with Crippen LogP contribution >= 0.6 is 11.6 Å². The van der Waals surface area contributed by atoms with Crippen LogP contribution in [0.5, 0.6) is 5.75 Å². The summed E-state index contributed by atoms with van der Waals surface area (Å²) in [5.74, 6) is -0.715. The molecule has 5 nitrogen and oxygen atoms in total. The van der Waals surface area contributed by atoms with Gasteiger partial charge in [0.05, 0.1) is 11.8 Å². The Morgan fingerprint density at radius 3 is 2.81 bits per heavy atom. The molecule has 0 amide bonds. The van der Waals surface area contributed by atoms with Crippen molar-refractivity contribution in [2.45, 2.75) is 26.4 Å². The lowest BCUT2D eigenvalue weighted by Crippen LogP contribution is -2.35. The molecule has 1 N–H and O–H groups in total. The van der Waals surface area contributed by atoms with Gasteiger partial charge in [0.1, 0.15) is 5.75 Å². The molecule has 0 aliphatic rings. The quantitative estimate of drug-likeness (QED) is 0.882. The summed E-state index contributed by atoms with van der Waals surface area (Å²) in [5.41, 5.74) is -1.71. The molecule has 1 atom stereocenters. The van der Waals surface area contributed by atoms with E-state index in [4.69, 9.17) is 16.3 Å². The van der Waals surface area contributed by atoms with Crippen LogP contribution in [-0.4, -0.2) is 15.7 Å². The van der Waals surface area contributed by atoms with Crippen molar-refractivity contribution in [2.24, 2.45) is 0 Å². The molecule has 112 valence electrons. The summed E-state index contributed by atoms with van der Waals surface area (Å²) in [5, 5.41) is -0.603. The Hall–Kier alpha value is -2.08. The summed E-state index contributed by atoms with van der Waals surface area (Å²) in [6.07, 6.45) is 0.789. The minimum Gasteiger partial charge on any atom is -0.491 e. The first kappa shape index (κ1) is 15.3. The van der Waals surface area contributed by atoms with Crippen LogP contribution in [0.1, 0.15) is 20.3 Å². The number of halogens is 2. The van der Waals surface area contributed by atoms with Gasteiger partial charge in [-0.15, -0.1) is 0 Å². The Balaban J connectivity index is 2.54. The summed E-state index contributed by atoms with van der Waals surface area (Å²) < 4.78 is 19.8. The Labute approximate surface area is 125 Å². The number of aromatic amines is 1. The molecule has 0 saturated heterocycles. The van der Waals surface area contributed by atoms with E-state index in [1.54, 1.807) is 12.1 Å². The molecule has 1 aromatic carbocycles. The van der Waals surface area contributed by atoms with E-state index in [0.717, 1.165) is 6.42 Å². The lowest BCUT2D eigenvalue weighted by molar-refractivity contribution is 0.217. The van der Waals surface area contributed by atoms with Gasteiger partial charge in [-0.25, -0.2) is 9.36 Å². The van der Waals surface area contributed by atoms with Crippen molar-refractivity contribution < 1.29 is 9.13 Å². The normalized spacial score (nSPS) is 12.2. The van der Waals surface area contributed by atoms with Crippen LogP contribution in [0.4, 0.5) is 4.39 Å². The number of rotatable bonds is 4. The third-order valence-corrected chi connectivity index (χ3v) is 3.25. The number of H-pyrrole nitrogens is 1. The second kappa shape index (κ2) is 6.13. The van der Waals surface area contributed by atoms with E-state index in [9.17, 15) is 14.0 Å². The highest BCUT2D eigenvalue weighted by molar-refractivity contribution is 6.29. The van der Waals surface area contributed by atoms with Gasteiger partial charge in [0, 0.05) is 6.07 Å². The Kier molecular flexibility index (Phi) is 4.47. The lowest BCUT2D eigenvalue weighted by atomic mass is 10.2. The molecule has 0 spiro atoms. The number of nitrogens with one attached hydrogen (secondary N) is 1. The Morgan fingerprint density at radius 1 is 1.43 bits per heavy atom. The van der Waals surface area contributed by atoms with Crippen LogP contribution in [0.3, 0.4) is 0 Å². The highest BCUT2D eigenvalue weighted by Crippen LogP contribution is 2.17. The summed E-state index contributed by atoms with van der Waals surface area (Å²) in [6, 6.07) is 6.32. The van der Waals surface area contributed by atoms with Crippen molar-refractivity contribution in [3.8, 4) is 11.4 Å². The fourth-order valence-corrected chi connectivity index (χ4v) is 1.90. The number of nitrogens with zero attached hydrogens (tertiary/aromatic N) is 1. The van der Waals surface area contributed by atoms with E-state index in [0.29, 0.717) is 10.3 Å². The molecule has 0 bridgehead atoms. The maximum atomic E-state index is 13.6. The van der Waals surface area contributed by atoms with Crippen molar-refractivity contribution in [2.75, 3.05) is 0 Å². The number of ether oxygens (including phenoxy) is 1. The monoisotopic (exact) mass is 312 g/mol. The topological polar surface area (TPSA) is 64.1 Å². The predicted molar refractivity (Wildman–Crippen MR) is 78.0 cm³/mol. The SMILES string of the molecule is CCC(C)Oc1cccc(-n2c(=O)[nH]c(Cl)c(F)c2=O)c1. The molecule has 0 saturated carbocycles. The third-order valence-electron chi connectivity index (χ3n) is 2.99. The summed E-state index contributed by atoms with van der Waals surface area (Å²) >= 11 is 5.43. The van der Waals surface area contributed by atoms with E-state index >= 15 is 0 Å². The number of hydrogen-bond acceptors (Lipinski definition) is 3. The molecule has 21 heavy (non-hydrogen) atoms. The van der Waals surface area contributed by atoms with Crippen LogP contribution in [0.15, 0.2) is 33.9 Å². The molecule has 0 aliphatic heterocycles. The van der Waals surface area contributed by atoms with E-state index < -0.39 is 22.2 Å². The van der Waals surface area contributed by atoms with E-state index in [-0.39, 0.29) is 11.8 Å². The highest BCUT2D eigenvalue weighted by atomic mass is 35.5. The molecule has 0 aliphatic carbocycles. The van der Waals surface area contributed by atoms with Crippen molar-refractivity contribution in [1.29, 1.82) is 0 Å². The van der Waals surface area contributed by atoms with Gasteiger partial charge in [-0.3, -0.25) is 9.78 Å². The van der Waals surface area contributed by atoms with Crippen LogP contribution in [0.2, 0.25) is 5.15 Å². The minimum atomic E-state index is -1.20. The second-order valence-electron chi connectivity index (χ2n) is 4.53. The number of aromatic nitrogens is 2. The zero-order valence-corrected chi connectivity index (χ0v) is 12.3. The van der Waals surface area contributed by atoms with Crippen molar-refractivity contribution in [3.05, 3.63) is 56.1 Å². The van der Waals surface area contributed by atoms with E-state index in [1.165, 1.54) is 12.1 Å². The Morgan fingerprint density at radius 2 is 2.14 bits per heavy atom. The fraction of sp³-hybridized carbons (Fsp3) is 0.286. The molecule has 2 rings (SSSR count). The lowest BCUT2D eigenvalue weighted by Gasteiger charge is -2.13. The molecule has 0 radical (unpaired) electrons. The van der Waals surface area contributed by atoms with E-state index in [2.05, 4.69) is 4.98 Å². The second-order valence-corrected chi connectivity index (χ2v) is 4.91. The van der Waals surface area contributed by atoms with Crippen LogP contribution in [0.25, 0.3) is 5.69 Å². The van der Waals surface area contributed by atoms with Gasteiger partial charge < -0.3 is 4.74 Å². The first-order valence-electron chi connectivity index (χ1n) is 6.41. The van der Waals surface area contributed by atoms with Gasteiger partial charge in [-0.1, -0.05) is 24.6 Å².